The zero-order chi connectivity index (χ0) is 19.6. The van der Waals surface area contributed by atoms with Crippen molar-refractivity contribution in [3.63, 3.8) is 0 Å². The molecular formula is C17H13F4N5O. The molecule has 0 radical (unpaired) electrons. The lowest BCUT2D eigenvalue weighted by atomic mass is 10.0. The van der Waals surface area contributed by atoms with Crippen LogP contribution in [0.5, 0.6) is 0 Å². The Morgan fingerprint density at radius 2 is 2.07 bits per heavy atom. The summed E-state index contributed by atoms with van der Waals surface area (Å²) in [6.07, 6.45) is -2.63. The summed E-state index contributed by atoms with van der Waals surface area (Å²) in [5, 5.41) is 14.0. The van der Waals surface area contributed by atoms with Crippen LogP contribution in [0.15, 0.2) is 35.0 Å². The molecule has 0 fully saturated rings. The monoisotopic (exact) mass is 379 g/mol. The Morgan fingerprint density at radius 1 is 1.30 bits per heavy atom. The zero-order valence-electron chi connectivity index (χ0n) is 13.9. The van der Waals surface area contributed by atoms with E-state index in [2.05, 4.69) is 20.4 Å². The quantitative estimate of drug-likeness (QED) is 0.512. The maximum absolute atomic E-state index is 14.4. The minimum Gasteiger partial charge on any atom is -0.374 e. The number of aromatic nitrogens is 3. The van der Waals surface area contributed by atoms with Gasteiger partial charge >= 0.3 is 6.18 Å². The molecule has 3 rings (SSSR count). The highest BCUT2D eigenvalue weighted by Gasteiger charge is 2.35. The van der Waals surface area contributed by atoms with Crippen molar-refractivity contribution in [2.45, 2.75) is 19.6 Å². The third-order valence-corrected chi connectivity index (χ3v) is 3.67. The van der Waals surface area contributed by atoms with Crippen LogP contribution in [0, 0.1) is 18.2 Å². The van der Waals surface area contributed by atoms with E-state index in [1.54, 1.807) is 6.92 Å². The number of pyridine rings is 1. The van der Waals surface area contributed by atoms with Crippen molar-refractivity contribution in [1.82, 2.24) is 15.1 Å². The molecule has 0 spiro atoms. The second-order valence-electron chi connectivity index (χ2n) is 5.55. The van der Waals surface area contributed by atoms with Crippen LogP contribution in [0.3, 0.4) is 0 Å². The third kappa shape index (κ3) is 3.94. The fraction of sp³-hybridized carbons (Fsp3) is 0.176. The van der Waals surface area contributed by atoms with Crippen molar-refractivity contribution in [1.29, 1.82) is 5.41 Å². The van der Waals surface area contributed by atoms with E-state index < -0.39 is 17.6 Å². The Balaban J connectivity index is 1.97. The van der Waals surface area contributed by atoms with Gasteiger partial charge in [-0.15, -0.1) is 0 Å². The van der Waals surface area contributed by atoms with Gasteiger partial charge in [-0.1, -0.05) is 17.3 Å². The predicted molar refractivity (Wildman–Crippen MR) is 88.9 cm³/mol. The van der Waals surface area contributed by atoms with Gasteiger partial charge < -0.3 is 15.2 Å². The Labute approximate surface area is 150 Å². The molecule has 27 heavy (non-hydrogen) atoms. The highest BCUT2D eigenvalue weighted by atomic mass is 19.4. The summed E-state index contributed by atoms with van der Waals surface area (Å²) in [5.74, 6) is -0.663. The normalized spacial score (nSPS) is 11.4. The Hall–Kier alpha value is -3.30. The van der Waals surface area contributed by atoms with Gasteiger partial charge in [-0.3, -0.25) is 4.98 Å². The number of alkyl halides is 3. The van der Waals surface area contributed by atoms with E-state index in [0.29, 0.717) is 17.6 Å². The summed E-state index contributed by atoms with van der Waals surface area (Å²) in [5.41, 5.74) is -0.927. The molecule has 140 valence electrons. The number of nitrogens with zero attached hydrogens (tertiary/aromatic N) is 3. The predicted octanol–water partition coefficient (Wildman–Crippen LogP) is 4.21. The molecule has 0 saturated carbocycles. The van der Waals surface area contributed by atoms with Crippen LogP contribution in [0.1, 0.15) is 23.0 Å². The Kier molecular flexibility index (Phi) is 4.89. The average molecular weight is 379 g/mol. The lowest BCUT2D eigenvalue weighted by Gasteiger charge is -2.13. The van der Waals surface area contributed by atoms with E-state index in [-0.39, 0.29) is 29.3 Å². The van der Waals surface area contributed by atoms with E-state index in [9.17, 15) is 17.6 Å². The molecular weight excluding hydrogens is 366 g/mol. The van der Waals surface area contributed by atoms with Gasteiger partial charge in [0.15, 0.2) is 5.82 Å². The maximum atomic E-state index is 14.4. The molecule has 2 aromatic heterocycles. The summed E-state index contributed by atoms with van der Waals surface area (Å²) < 4.78 is 58.1. The van der Waals surface area contributed by atoms with Gasteiger partial charge in [0.05, 0.1) is 17.8 Å². The Bertz CT molecular complexity index is 984. The fourth-order valence-electron chi connectivity index (χ4n) is 2.44. The SMILES string of the molecule is Cc1noc(CNc2cc(-c3cccc(C(F)(F)F)c3F)cnc2C=N)n1. The van der Waals surface area contributed by atoms with E-state index in [1.807, 2.05) is 0 Å². The zero-order valence-corrected chi connectivity index (χ0v) is 13.9. The van der Waals surface area contributed by atoms with Gasteiger partial charge in [0, 0.05) is 23.5 Å². The van der Waals surface area contributed by atoms with Crippen molar-refractivity contribution in [3.8, 4) is 11.1 Å². The van der Waals surface area contributed by atoms with Gasteiger partial charge in [-0.05, 0) is 19.1 Å². The molecule has 3 aromatic rings. The van der Waals surface area contributed by atoms with Crippen LogP contribution in [0.4, 0.5) is 23.2 Å². The van der Waals surface area contributed by atoms with Crippen LogP contribution in [-0.4, -0.2) is 21.3 Å². The third-order valence-electron chi connectivity index (χ3n) is 3.67. The highest BCUT2D eigenvalue weighted by molar-refractivity contribution is 5.85. The van der Waals surface area contributed by atoms with Crippen LogP contribution in [-0.2, 0) is 12.7 Å². The number of benzene rings is 1. The van der Waals surface area contributed by atoms with E-state index in [0.717, 1.165) is 12.3 Å². The summed E-state index contributed by atoms with van der Waals surface area (Å²) in [6.45, 7) is 1.76. The van der Waals surface area contributed by atoms with Gasteiger partial charge in [0.25, 0.3) is 0 Å². The summed E-state index contributed by atoms with van der Waals surface area (Å²) in [7, 11) is 0. The van der Waals surface area contributed by atoms with Crippen molar-refractivity contribution >= 4 is 11.9 Å². The second kappa shape index (κ2) is 7.14. The topological polar surface area (TPSA) is 87.7 Å². The lowest BCUT2D eigenvalue weighted by molar-refractivity contribution is -0.139. The first kappa shape index (κ1) is 18.5. The van der Waals surface area contributed by atoms with Gasteiger partial charge in [-0.2, -0.15) is 18.2 Å². The smallest absolute Gasteiger partial charge is 0.374 e. The number of nitrogens with one attached hydrogen (secondary N) is 2. The van der Waals surface area contributed by atoms with E-state index in [1.165, 1.54) is 18.3 Å². The second-order valence-corrected chi connectivity index (χ2v) is 5.55. The molecule has 0 atom stereocenters. The van der Waals surface area contributed by atoms with Crippen LogP contribution < -0.4 is 5.32 Å². The van der Waals surface area contributed by atoms with Gasteiger partial charge in [0.1, 0.15) is 11.5 Å². The average Bonchev–Trinajstić information content (AvgIpc) is 3.04. The molecule has 0 unspecified atom stereocenters. The van der Waals surface area contributed by atoms with Gasteiger partial charge in [-0.25, -0.2) is 4.39 Å². The lowest BCUT2D eigenvalue weighted by Crippen LogP contribution is -2.09. The minimum absolute atomic E-state index is 0.109. The van der Waals surface area contributed by atoms with Crippen molar-refractivity contribution in [2.24, 2.45) is 0 Å². The van der Waals surface area contributed by atoms with Crippen molar-refractivity contribution < 1.29 is 22.1 Å². The van der Waals surface area contributed by atoms with Crippen LogP contribution in [0.25, 0.3) is 11.1 Å². The molecule has 0 amide bonds. The number of anilines is 1. The summed E-state index contributed by atoms with van der Waals surface area (Å²) >= 11 is 0. The first-order chi connectivity index (χ1) is 12.8. The largest absolute Gasteiger partial charge is 0.419 e. The maximum Gasteiger partial charge on any atom is 0.419 e. The van der Waals surface area contributed by atoms with E-state index >= 15 is 0 Å². The van der Waals surface area contributed by atoms with Crippen LogP contribution in [0.2, 0.25) is 0 Å². The number of halogens is 4. The summed E-state index contributed by atoms with van der Waals surface area (Å²) in [4.78, 5) is 8.02. The fourth-order valence-corrected chi connectivity index (χ4v) is 2.44. The number of rotatable bonds is 5. The standard InChI is InChI=1S/C17H13F4N5O/c1-9-25-15(27-26-9)8-24-13-5-10(7-23-14(13)6-22)11-3-2-4-12(16(11)18)17(19,20)21/h2-7,22,24H,8H2,1H3. The number of hydrogen-bond acceptors (Lipinski definition) is 6. The van der Waals surface area contributed by atoms with Crippen molar-refractivity contribution in [2.75, 3.05) is 5.32 Å². The summed E-state index contributed by atoms with van der Waals surface area (Å²) in [6, 6.07) is 4.45. The molecule has 0 aliphatic heterocycles. The molecule has 0 aliphatic carbocycles. The molecule has 1 aromatic carbocycles. The van der Waals surface area contributed by atoms with E-state index in [4.69, 9.17) is 9.93 Å². The molecule has 0 saturated heterocycles. The van der Waals surface area contributed by atoms with Gasteiger partial charge in [0.2, 0.25) is 5.89 Å². The first-order valence-corrected chi connectivity index (χ1v) is 7.69. The molecule has 0 aliphatic rings. The Morgan fingerprint density at radius 3 is 2.70 bits per heavy atom. The molecule has 10 heteroatoms. The molecule has 6 nitrogen and oxygen atoms in total. The number of aryl methyl sites for hydroxylation is 1. The molecule has 2 heterocycles. The minimum atomic E-state index is -4.81. The van der Waals surface area contributed by atoms with Crippen molar-refractivity contribution in [3.05, 3.63) is 59.3 Å². The number of hydrogen-bond donors (Lipinski definition) is 2. The highest BCUT2D eigenvalue weighted by Crippen LogP contribution is 2.36. The molecule has 0 bridgehead atoms. The van der Waals surface area contributed by atoms with Crippen LogP contribution >= 0.6 is 0 Å². The molecule has 2 N–H and O–H groups in total. The first-order valence-electron chi connectivity index (χ1n) is 7.69.